The lowest BCUT2D eigenvalue weighted by molar-refractivity contribution is 0.274. The van der Waals surface area contributed by atoms with Gasteiger partial charge in [0.05, 0.1) is 12.3 Å². The van der Waals surface area contributed by atoms with Crippen LogP contribution >= 0.6 is 0 Å². The smallest absolute Gasteiger partial charge is 0.238 e. The van der Waals surface area contributed by atoms with Gasteiger partial charge < -0.3 is 9.84 Å². The number of hydrogen-bond acceptors (Lipinski definition) is 5. The van der Waals surface area contributed by atoms with E-state index in [0.717, 1.165) is 16.6 Å². The molecule has 0 spiro atoms. The highest BCUT2D eigenvalue weighted by Gasteiger charge is 2.06. The zero-order valence-electron chi connectivity index (χ0n) is 10.9. The molecule has 0 saturated carbocycles. The number of benzene rings is 1. The number of aliphatic hydroxyl groups is 1. The predicted octanol–water partition coefficient (Wildman–Crippen LogP) is 2.62. The van der Waals surface area contributed by atoms with E-state index in [1.54, 1.807) is 12.1 Å². The Morgan fingerprint density at radius 2 is 1.95 bits per heavy atom. The third kappa shape index (κ3) is 2.44. The molecule has 0 aliphatic rings. The van der Waals surface area contributed by atoms with Crippen molar-refractivity contribution in [2.45, 2.75) is 13.5 Å². The van der Waals surface area contributed by atoms with Gasteiger partial charge in [0.1, 0.15) is 5.52 Å². The number of para-hydroxylation sites is 1. The van der Waals surface area contributed by atoms with Gasteiger partial charge in [-0.3, -0.25) is 0 Å². The van der Waals surface area contributed by atoms with Gasteiger partial charge in [-0.05, 0) is 25.1 Å². The molecule has 2 heterocycles. The molecule has 1 aromatic carbocycles. The Balaban J connectivity index is 1.99. The molecule has 100 valence electrons. The number of aryl methyl sites for hydroxylation is 1. The van der Waals surface area contributed by atoms with Crippen LogP contribution in [0.4, 0.5) is 0 Å². The van der Waals surface area contributed by atoms with Gasteiger partial charge in [0.25, 0.3) is 0 Å². The van der Waals surface area contributed by atoms with Gasteiger partial charge in [-0.25, -0.2) is 4.98 Å². The van der Waals surface area contributed by atoms with E-state index in [0.29, 0.717) is 17.3 Å². The molecular weight excluding hydrogens is 254 g/mol. The summed E-state index contributed by atoms with van der Waals surface area (Å²) in [5.74, 6) is 1.01. The minimum Gasteiger partial charge on any atom is -0.435 e. The van der Waals surface area contributed by atoms with E-state index < -0.39 is 0 Å². The average Bonchev–Trinajstić information content (AvgIpc) is 2.49. The monoisotopic (exact) mass is 267 g/mol. The fraction of sp³-hybridized carbons (Fsp3) is 0.133. The summed E-state index contributed by atoms with van der Waals surface area (Å²) >= 11 is 0. The van der Waals surface area contributed by atoms with Crippen molar-refractivity contribution in [1.82, 2.24) is 15.2 Å². The first-order valence-electron chi connectivity index (χ1n) is 6.24. The molecule has 5 nitrogen and oxygen atoms in total. The molecule has 0 radical (unpaired) electrons. The number of aliphatic hydroxyl groups excluding tert-OH is 1. The highest BCUT2D eigenvalue weighted by atomic mass is 16.5. The molecule has 0 bridgehead atoms. The standard InChI is InChI=1S/C15H13N3O2/c1-10-5-6-11-3-2-4-13(15(11)16-10)20-14-8-7-12(9-19)17-18-14/h2-8,19H,9H2,1H3. The fourth-order valence-electron chi connectivity index (χ4n) is 1.90. The van der Waals surface area contributed by atoms with E-state index in [4.69, 9.17) is 9.84 Å². The van der Waals surface area contributed by atoms with Crippen LogP contribution in [0.5, 0.6) is 11.6 Å². The highest BCUT2D eigenvalue weighted by molar-refractivity contribution is 5.84. The maximum atomic E-state index is 8.94. The topological polar surface area (TPSA) is 68.1 Å². The Morgan fingerprint density at radius 1 is 1.05 bits per heavy atom. The van der Waals surface area contributed by atoms with E-state index in [1.807, 2.05) is 37.3 Å². The molecule has 0 amide bonds. The third-order valence-corrected chi connectivity index (χ3v) is 2.89. The molecule has 0 fully saturated rings. The van der Waals surface area contributed by atoms with Gasteiger partial charge in [-0.1, -0.05) is 18.2 Å². The van der Waals surface area contributed by atoms with Crippen molar-refractivity contribution in [3.8, 4) is 11.6 Å². The van der Waals surface area contributed by atoms with Crippen molar-refractivity contribution >= 4 is 10.9 Å². The highest BCUT2D eigenvalue weighted by Crippen LogP contribution is 2.27. The van der Waals surface area contributed by atoms with Crippen molar-refractivity contribution in [2.75, 3.05) is 0 Å². The summed E-state index contributed by atoms with van der Waals surface area (Å²) in [6.07, 6.45) is 0. The molecule has 5 heteroatoms. The van der Waals surface area contributed by atoms with Gasteiger partial charge in [0.2, 0.25) is 5.88 Å². The molecule has 0 aliphatic heterocycles. The van der Waals surface area contributed by atoms with Crippen LogP contribution in [-0.2, 0) is 6.61 Å². The zero-order valence-corrected chi connectivity index (χ0v) is 10.9. The molecule has 3 aromatic rings. The predicted molar refractivity (Wildman–Crippen MR) is 74.5 cm³/mol. The summed E-state index contributed by atoms with van der Waals surface area (Å²) in [4.78, 5) is 4.49. The Kier molecular flexibility index (Phi) is 3.26. The SMILES string of the molecule is Cc1ccc2cccc(Oc3ccc(CO)nn3)c2n1. The third-order valence-electron chi connectivity index (χ3n) is 2.89. The van der Waals surface area contributed by atoms with Crippen LogP contribution in [-0.4, -0.2) is 20.3 Å². The largest absolute Gasteiger partial charge is 0.435 e. The van der Waals surface area contributed by atoms with Crippen molar-refractivity contribution in [1.29, 1.82) is 0 Å². The van der Waals surface area contributed by atoms with Gasteiger partial charge in [-0.15, -0.1) is 10.2 Å². The second kappa shape index (κ2) is 5.22. The number of rotatable bonds is 3. The second-order valence-electron chi connectivity index (χ2n) is 4.40. The quantitative estimate of drug-likeness (QED) is 0.790. The van der Waals surface area contributed by atoms with E-state index in [2.05, 4.69) is 15.2 Å². The molecule has 0 aliphatic carbocycles. The molecule has 3 rings (SSSR count). The maximum absolute atomic E-state index is 8.94. The molecule has 20 heavy (non-hydrogen) atoms. The molecule has 1 N–H and O–H groups in total. The van der Waals surface area contributed by atoms with Crippen LogP contribution in [0.2, 0.25) is 0 Å². The zero-order chi connectivity index (χ0) is 13.9. The first kappa shape index (κ1) is 12.5. The number of hydrogen-bond donors (Lipinski definition) is 1. The number of fused-ring (bicyclic) bond motifs is 1. The molecule has 0 saturated heterocycles. The number of ether oxygens (including phenoxy) is 1. The average molecular weight is 267 g/mol. The van der Waals surface area contributed by atoms with E-state index in [-0.39, 0.29) is 6.61 Å². The van der Waals surface area contributed by atoms with Crippen LogP contribution in [0.3, 0.4) is 0 Å². The van der Waals surface area contributed by atoms with Gasteiger partial charge in [0.15, 0.2) is 5.75 Å². The maximum Gasteiger partial charge on any atom is 0.238 e. The van der Waals surface area contributed by atoms with Crippen LogP contribution in [0.1, 0.15) is 11.4 Å². The van der Waals surface area contributed by atoms with Crippen LogP contribution < -0.4 is 4.74 Å². The first-order valence-corrected chi connectivity index (χ1v) is 6.24. The molecule has 0 unspecified atom stereocenters. The Hall–Kier alpha value is -2.53. The number of nitrogens with zero attached hydrogens (tertiary/aromatic N) is 3. The lowest BCUT2D eigenvalue weighted by Gasteiger charge is -2.07. The Labute approximate surface area is 115 Å². The lowest BCUT2D eigenvalue weighted by Crippen LogP contribution is -1.96. The summed E-state index contributed by atoms with van der Waals surface area (Å²) in [5, 5.41) is 17.7. The molecule has 0 atom stereocenters. The summed E-state index contributed by atoms with van der Waals surface area (Å²) < 4.78 is 5.73. The van der Waals surface area contributed by atoms with Crippen molar-refractivity contribution in [3.05, 3.63) is 53.9 Å². The van der Waals surface area contributed by atoms with Crippen LogP contribution in [0.25, 0.3) is 10.9 Å². The minimum atomic E-state index is -0.137. The second-order valence-corrected chi connectivity index (χ2v) is 4.40. The van der Waals surface area contributed by atoms with E-state index in [1.165, 1.54) is 0 Å². The van der Waals surface area contributed by atoms with E-state index >= 15 is 0 Å². The Bertz CT molecular complexity index is 742. The summed E-state index contributed by atoms with van der Waals surface area (Å²) in [7, 11) is 0. The normalized spacial score (nSPS) is 10.7. The summed E-state index contributed by atoms with van der Waals surface area (Å²) in [6, 6.07) is 13.0. The van der Waals surface area contributed by atoms with Crippen LogP contribution in [0.15, 0.2) is 42.5 Å². The summed E-state index contributed by atoms with van der Waals surface area (Å²) in [6.45, 7) is 1.80. The number of aromatic nitrogens is 3. The first-order chi connectivity index (χ1) is 9.76. The van der Waals surface area contributed by atoms with Crippen molar-refractivity contribution in [3.63, 3.8) is 0 Å². The van der Waals surface area contributed by atoms with Gasteiger partial charge in [-0.2, -0.15) is 0 Å². The lowest BCUT2D eigenvalue weighted by atomic mass is 10.2. The van der Waals surface area contributed by atoms with Gasteiger partial charge in [0, 0.05) is 17.1 Å². The van der Waals surface area contributed by atoms with Crippen LogP contribution in [0, 0.1) is 6.92 Å². The van der Waals surface area contributed by atoms with Crippen molar-refractivity contribution in [2.24, 2.45) is 0 Å². The fourth-order valence-corrected chi connectivity index (χ4v) is 1.90. The number of pyridine rings is 1. The minimum absolute atomic E-state index is 0.137. The van der Waals surface area contributed by atoms with Gasteiger partial charge >= 0.3 is 0 Å². The molecule has 2 aromatic heterocycles. The van der Waals surface area contributed by atoms with Crippen molar-refractivity contribution < 1.29 is 9.84 Å². The molecular formula is C15H13N3O2. The Morgan fingerprint density at radius 3 is 2.70 bits per heavy atom. The van der Waals surface area contributed by atoms with E-state index in [9.17, 15) is 0 Å². The summed E-state index contributed by atoms with van der Waals surface area (Å²) in [5.41, 5.74) is 2.22.